The summed E-state index contributed by atoms with van der Waals surface area (Å²) in [6, 6.07) is 7.87. The molecule has 54 heavy (non-hydrogen) atoms. The van der Waals surface area contributed by atoms with Crippen molar-refractivity contribution in [2.75, 3.05) is 38.7 Å². The number of benzene rings is 1. The average molecular weight is 770 g/mol. The molecule has 3 atom stereocenters. The summed E-state index contributed by atoms with van der Waals surface area (Å²) < 4.78 is 36.3. The Labute approximate surface area is 313 Å². The Balaban J connectivity index is 0.00000105. The third kappa shape index (κ3) is 11.7. The first-order valence-electron chi connectivity index (χ1n) is 17.7. The van der Waals surface area contributed by atoms with Crippen molar-refractivity contribution in [1.29, 1.82) is 5.26 Å². The van der Waals surface area contributed by atoms with E-state index >= 15 is 0 Å². The number of rotatable bonds is 14. The van der Waals surface area contributed by atoms with E-state index in [0.717, 1.165) is 56.3 Å². The summed E-state index contributed by atoms with van der Waals surface area (Å²) in [6.45, 7) is 9.60. The highest BCUT2D eigenvalue weighted by atomic mass is 31.2. The lowest BCUT2D eigenvalue weighted by molar-refractivity contribution is -0.138. The molecule has 0 bridgehead atoms. The quantitative estimate of drug-likeness (QED) is 0.0910. The number of nitrogens with one attached hydrogen (secondary N) is 2. The van der Waals surface area contributed by atoms with E-state index in [1.54, 1.807) is 30.3 Å². The highest BCUT2D eigenvalue weighted by Gasteiger charge is 2.41. The molecule has 4 heterocycles. The van der Waals surface area contributed by atoms with Gasteiger partial charge in [-0.2, -0.15) is 5.26 Å². The molecule has 5 N–H and O–H groups in total. The Kier molecular flexibility index (Phi) is 14.1. The van der Waals surface area contributed by atoms with Crippen LogP contribution in [0.1, 0.15) is 64.5 Å². The topological polar surface area (TPSA) is 250 Å². The molecule has 0 amide bonds. The molecule has 1 saturated heterocycles. The van der Waals surface area contributed by atoms with Crippen LogP contribution in [0, 0.1) is 17.2 Å². The van der Waals surface area contributed by atoms with Crippen LogP contribution < -0.4 is 20.1 Å². The van der Waals surface area contributed by atoms with Gasteiger partial charge in [0.25, 0.3) is 5.88 Å². The fraction of sp³-hybridized carbons (Fsp3) is 0.559. The van der Waals surface area contributed by atoms with Crippen molar-refractivity contribution in [3.8, 4) is 28.8 Å². The molecule has 19 nitrogen and oxygen atoms in total. The van der Waals surface area contributed by atoms with E-state index < -0.39 is 7.82 Å². The minimum Gasteiger partial charge on any atom is -0.487 e. The minimum absolute atomic E-state index is 0.139. The SMILES string of the molecule is COCCCOc1nn(C2CCC([C@@]3(C)CNC[C@@H](C)O3)CC2)cc1Nc1ncc(-c2ccc(C#N)c(OC(C)Cn3cnnn3)c2)cn1.O=P(O)(O)O. The first-order chi connectivity index (χ1) is 25.8. The third-order valence-corrected chi connectivity index (χ3v) is 9.24. The van der Waals surface area contributed by atoms with Gasteiger partial charge >= 0.3 is 7.82 Å². The lowest BCUT2D eigenvalue weighted by Gasteiger charge is -2.46. The maximum absolute atomic E-state index is 9.67. The number of aromatic nitrogens is 8. The lowest BCUT2D eigenvalue weighted by atomic mass is 9.75. The van der Waals surface area contributed by atoms with Crippen LogP contribution in [-0.2, 0) is 20.6 Å². The second kappa shape index (κ2) is 18.7. The van der Waals surface area contributed by atoms with Crippen LogP contribution in [0.3, 0.4) is 0 Å². The van der Waals surface area contributed by atoms with Gasteiger partial charge < -0.3 is 44.3 Å². The first-order valence-corrected chi connectivity index (χ1v) is 19.3. The minimum atomic E-state index is -4.64. The maximum atomic E-state index is 9.67. The molecule has 2 fully saturated rings. The summed E-state index contributed by atoms with van der Waals surface area (Å²) in [7, 11) is -2.96. The number of tetrazole rings is 1. The van der Waals surface area contributed by atoms with Gasteiger partial charge in [-0.15, -0.1) is 10.2 Å². The fourth-order valence-corrected chi connectivity index (χ4v) is 6.72. The van der Waals surface area contributed by atoms with Crippen LogP contribution in [0.25, 0.3) is 11.1 Å². The van der Waals surface area contributed by atoms with Crippen molar-refractivity contribution < 1.29 is 38.2 Å². The Morgan fingerprint density at radius 1 is 1.17 bits per heavy atom. The largest absolute Gasteiger partial charge is 0.487 e. The molecule has 1 aliphatic carbocycles. The standard InChI is InChI=1S/C34H45N11O4.H3O4P/c1-23-16-36-21-34(3,49-23)28-8-10-29(11-9-28)45-20-30(32(41-45)47-13-5-12-46-4)40-33-37-17-27(18-38-33)25-6-7-26(15-35)31(14-25)48-24(2)19-44-22-39-42-43-44;1-5(2,3)4/h6-7,14,17-18,20,22-24,28-29,36H,5,8-13,16,19,21H2,1-4H3,(H,37,38,40);(H3,1,2,3,4)/t23-,24?,28?,29?,34-;/m1./s1. The molecule has 1 aromatic carbocycles. The van der Waals surface area contributed by atoms with Crippen molar-refractivity contribution in [2.45, 2.75) is 83.3 Å². The maximum Gasteiger partial charge on any atom is 0.466 e. The molecule has 1 saturated carbocycles. The molecule has 292 valence electrons. The molecule has 6 rings (SSSR count). The second-order valence-electron chi connectivity index (χ2n) is 13.6. The Morgan fingerprint density at radius 3 is 2.56 bits per heavy atom. The molecular weight excluding hydrogens is 721 g/mol. The van der Waals surface area contributed by atoms with Gasteiger partial charge in [0.1, 0.15) is 29.9 Å². The molecule has 0 radical (unpaired) electrons. The molecule has 1 unspecified atom stereocenters. The smallest absolute Gasteiger partial charge is 0.466 e. The summed E-state index contributed by atoms with van der Waals surface area (Å²) in [4.78, 5) is 30.8. The number of anilines is 2. The van der Waals surface area contributed by atoms with Gasteiger partial charge in [-0.05, 0) is 80.5 Å². The summed E-state index contributed by atoms with van der Waals surface area (Å²) in [6.07, 6.45) is 11.9. The van der Waals surface area contributed by atoms with Gasteiger partial charge in [-0.1, -0.05) is 6.07 Å². The zero-order chi connectivity index (χ0) is 38.7. The summed E-state index contributed by atoms with van der Waals surface area (Å²) in [5, 5.41) is 32.6. The van der Waals surface area contributed by atoms with Crippen LogP contribution in [0.4, 0.5) is 11.6 Å². The number of phosphoric acid groups is 1. The van der Waals surface area contributed by atoms with Crippen molar-refractivity contribution in [1.82, 2.24) is 45.3 Å². The van der Waals surface area contributed by atoms with E-state index in [1.807, 2.05) is 29.9 Å². The third-order valence-electron chi connectivity index (χ3n) is 9.24. The lowest BCUT2D eigenvalue weighted by Crippen LogP contribution is -2.55. The normalized spacial score (nSPS) is 22.0. The Morgan fingerprint density at radius 2 is 1.91 bits per heavy atom. The molecule has 3 aromatic heterocycles. The van der Waals surface area contributed by atoms with Crippen molar-refractivity contribution >= 4 is 19.5 Å². The predicted molar refractivity (Wildman–Crippen MR) is 195 cm³/mol. The molecule has 1 aliphatic heterocycles. The molecular formula is C34H48N11O8P. The van der Waals surface area contributed by atoms with Gasteiger partial charge in [0.05, 0.1) is 42.7 Å². The number of morpholine rings is 1. The number of methoxy groups -OCH3 is 1. The van der Waals surface area contributed by atoms with Gasteiger partial charge in [-0.3, -0.25) is 4.68 Å². The number of ether oxygens (including phenoxy) is 4. The number of nitriles is 1. The van der Waals surface area contributed by atoms with Gasteiger partial charge in [0, 0.05) is 51.2 Å². The highest BCUT2D eigenvalue weighted by molar-refractivity contribution is 7.45. The monoisotopic (exact) mass is 769 g/mol. The zero-order valence-corrected chi connectivity index (χ0v) is 31.7. The summed E-state index contributed by atoms with van der Waals surface area (Å²) in [5.74, 6) is 1.89. The molecule has 20 heteroatoms. The van der Waals surface area contributed by atoms with Crippen LogP contribution >= 0.6 is 7.82 Å². The molecule has 0 spiro atoms. The summed E-state index contributed by atoms with van der Waals surface area (Å²) >= 11 is 0. The van der Waals surface area contributed by atoms with Gasteiger partial charge in [-0.25, -0.2) is 19.2 Å². The van der Waals surface area contributed by atoms with Crippen LogP contribution in [-0.4, -0.2) is 106 Å². The Hall–Kier alpha value is -4.54. The van der Waals surface area contributed by atoms with E-state index in [-0.39, 0.29) is 23.9 Å². The van der Waals surface area contributed by atoms with Crippen molar-refractivity contribution in [3.05, 3.63) is 48.7 Å². The van der Waals surface area contributed by atoms with E-state index in [1.165, 1.54) is 6.33 Å². The van der Waals surface area contributed by atoms with Crippen molar-refractivity contribution in [2.24, 2.45) is 5.92 Å². The fourth-order valence-electron chi connectivity index (χ4n) is 6.72. The van der Waals surface area contributed by atoms with E-state index in [0.29, 0.717) is 54.5 Å². The number of hydrogen-bond acceptors (Lipinski definition) is 14. The number of hydrogen-bond donors (Lipinski definition) is 5. The van der Waals surface area contributed by atoms with Gasteiger partial charge in [0.2, 0.25) is 5.95 Å². The number of nitrogens with zero attached hydrogens (tertiary/aromatic N) is 9. The second-order valence-corrected chi connectivity index (χ2v) is 14.6. The predicted octanol–water partition coefficient (Wildman–Crippen LogP) is 3.39. The summed E-state index contributed by atoms with van der Waals surface area (Å²) in [5.41, 5.74) is 2.59. The van der Waals surface area contributed by atoms with Crippen LogP contribution in [0.5, 0.6) is 11.6 Å². The zero-order valence-electron chi connectivity index (χ0n) is 30.8. The molecule has 2 aliphatic rings. The van der Waals surface area contributed by atoms with Crippen LogP contribution in [0.15, 0.2) is 43.1 Å². The Bertz CT molecular complexity index is 1850. The van der Waals surface area contributed by atoms with E-state index in [4.69, 9.17) is 43.3 Å². The first kappa shape index (κ1) is 40.6. The van der Waals surface area contributed by atoms with Crippen molar-refractivity contribution in [3.63, 3.8) is 0 Å². The van der Waals surface area contributed by atoms with E-state index in [9.17, 15) is 5.26 Å². The molecule has 4 aromatic rings. The van der Waals surface area contributed by atoms with Crippen LogP contribution in [0.2, 0.25) is 0 Å². The highest BCUT2D eigenvalue weighted by Crippen LogP contribution is 2.41. The average Bonchev–Trinajstić information content (AvgIpc) is 3.79. The van der Waals surface area contributed by atoms with Gasteiger partial charge in [0.15, 0.2) is 0 Å². The van der Waals surface area contributed by atoms with E-state index in [2.05, 4.69) is 56.0 Å².